The van der Waals surface area contributed by atoms with Crippen molar-refractivity contribution in [1.29, 1.82) is 0 Å². The molecule has 2 aliphatic rings. The normalized spacial score (nSPS) is 13.6. The minimum Gasteiger partial charge on any atom is -0.493 e. The summed E-state index contributed by atoms with van der Waals surface area (Å²) >= 11 is 0. The molecule has 0 saturated carbocycles. The van der Waals surface area contributed by atoms with Crippen LogP contribution in [0, 0.1) is 0 Å². The molecule has 0 unspecified atom stereocenters. The smallest absolute Gasteiger partial charge is 0.231 e. The van der Waals surface area contributed by atoms with E-state index < -0.39 is 0 Å². The molecule has 3 aromatic carbocycles. The van der Waals surface area contributed by atoms with Crippen molar-refractivity contribution < 1.29 is 14.2 Å². The molecule has 5 rings (SSSR count). The molecule has 0 spiro atoms. The van der Waals surface area contributed by atoms with Crippen LogP contribution in [-0.4, -0.2) is 25.8 Å². The van der Waals surface area contributed by atoms with Crippen LogP contribution >= 0.6 is 0 Å². The van der Waals surface area contributed by atoms with Crippen LogP contribution in [0.1, 0.15) is 16.7 Å². The number of methoxy groups -OCH3 is 1. The number of fused-ring (bicyclic) bond motifs is 4. The van der Waals surface area contributed by atoms with Gasteiger partial charge < -0.3 is 14.2 Å². The standard InChI is InChI=1S/C22H16N2O3/c1-25-19-10-14(11-20-22(19)27-13-26-20)12-23-24-21-17-8-4-2-6-15(17)16-7-3-5-9-18(16)21/h2-12H,13H2,1H3/b23-12-. The van der Waals surface area contributed by atoms with Gasteiger partial charge >= 0.3 is 0 Å². The van der Waals surface area contributed by atoms with Crippen molar-refractivity contribution in [3.05, 3.63) is 77.4 Å². The lowest BCUT2D eigenvalue weighted by molar-refractivity contribution is 0.171. The number of nitrogens with zero attached hydrogens (tertiary/aromatic N) is 2. The van der Waals surface area contributed by atoms with Crippen LogP contribution in [0.15, 0.2) is 70.9 Å². The van der Waals surface area contributed by atoms with Crippen LogP contribution < -0.4 is 14.2 Å². The van der Waals surface area contributed by atoms with E-state index in [0.717, 1.165) is 22.4 Å². The summed E-state index contributed by atoms with van der Waals surface area (Å²) in [5.74, 6) is 1.90. The molecule has 5 nitrogen and oxygen atoms in total. The van der Waals surface area contributed by atoms with E-state index >= 15 is 0 Å². The van der Waals surface area contributed by atoms with Gasteiger partial charge in [0.25, 0.3) is 0 Å². The van der Waals surface area contributed by atoms with E-state index in [-0.39, 0.29) is 6.79 Å². The number of hydrogen-bond acceptors (Lipinski definition) is 5. The predicted molar refractivity (Wildman–Crippen MR) is 104 cm³/mol. The first-order chi connectivity index (χ1) is 13.3. The Balaban J connectivity index is 1.53. The van der Waals surface area contributed by atoms with Crippen molar-refractivity contribution in [3.8, 4) is 28.4 Å². The summed E-state index contributed by atoms with van der Waals surface area (Å²) in [6.07, 6.45) is 1.70. The van der Waals surface area contributed by atoms with Gasteiger partial charge in [-0.2, -0.15) is 5.10 Å². The van der Waals surface area contributed by atoms with Crippen LogP contribution in [0.25, 0.3) is 11.1 Å². The highest BCUT2D eigenvalue weighted by atomic mass is 16.7. The summed E-state index contributed by atoms with van der Waals surface area (Å²) in [5.41, 5.74) is 6.28. The maximum atomic E-state index is 5.45. The second-order valence-electron chi connectivity index (χ2n) is 6.24. The third-order valence-corrected chi connectivity index (χ3v) is 4.70. The molecule has 0 bridgehead atoms. The van der Waals surface area contributed by atoms with E-state index in [9.17, 15) is 0 Å². The Labute approximate surface area is 156 Å². The lowest BCUT2D eigenvalue weighted by Crippen LogP contribution is -1.97. The van der Waals surface area contributed by atoms with Crippen molar-refractivity contribution in [1.82, 2.24) is 0 Å². The molecule has 27 heavy (non-hydrogen) atoms. The lowest BCUT2D eigenvalue weighted by atomic mass is 10.1. The summed E-state index contributed by atoms with van der Waals surface area (Å²) in [6, 6.07) is 20.2. The zero-order valence-corrected chi connectivity index (χ0v) is 14.7. The fourth-order valence-corrected chi connectivity index (χ4v) is 3.48. The molecule has 0 amide bonds. The Bertz CT molecular complexity index is 1050. The Hall–Kier alpha value is -3.60. The van der Waals surface area contributed by atoms with Crippen molar-refractivity contribution in [2.45, 2.75) is 0 Å². The number of hydrogen-bond donors (Lipinski definition) is 0. The van der Waals surface area contributed by atoms with Crippen LogP contribution in [0.2, 0.25) is 0 Å². The highest BCUT2D eigenvalue weighted by Gasteiger charge is 2.24. The molecule has 5 heteroatoms. The maximum absolute atomic E-state index is 5.45. The number of benzene rings is 3. The van der Waals surface area contributed by atoms with E-state index in [0.29, 0.717) is 17.2 Å². The molecule has 3 aromatic rings. The summed E-state index contributed by atoms with van der Waals surface area (Å²) in [5, 5.41) is 8.86. The molecule has 1 aliphatic heterocycles. The topological polar surface area (TPSA) is 52.4 Å². The van der Waals surface area contributed by atoms with Crippen molar-refractivity contribution in [2.75, 3.05) is 13.9 Å². The summed E-state index contributed by atoms with van der Waals surface area (Å²) in [7, 11) is 1.60. The first-order valence-corrected chi connectivity index (χ1v) is 8.63. The first-order valence-electron chi connectivity index (χ1n) is 8.63. The SMILES string of the molecule is COc1cc(/C=N\N=C2c3ccccc3-c3ccccc32)cc2c1OCO2. The molecule has 132 valence electrons. The van der Waals surface area contributed by atoms with Crippen LogP contribution in [-0.2, 0) is 0 Å². The molecule has 0 aromatic heterocycles. The monoisotopic (exact) mass is 356 g/mol. The van der Waals surface area contributed by atoms with Crippen LogP contribution in [0.5, 0.6) is 17.2 Å². The molecule has 0 atom stereocenters. The van der Waals surface area contributed by atoms with Gasteiger partial charge in [0, 0.05) is 16.7 Å². The average Bonchev–Trinajstić information content (AvgIpc) is 3.31. The number of rotatable bonds is 3. The molecule has 1 heterocycles. The Morgan fingerprint density at radius 3 is 2.22 bits per heavy atom. The second kappa shape index (κ2) is 6.29. The summed E-state index contributed by atoms with van der Waals surface area (Å²) in [6.45, 7) is 0.197. The van der Waals surface area contributed by atoms with E-state index in [2.05, 4.69) is 34.5 Å². The zero-order valence-electron chi connectivity index (χ0n) is 14.7. The van der Waals surface area contributed by atoms with Gasteiger partial charge in [0.05, 0.1) is 13.3 Å². The molecule has 1 aliphatic carbocycles. The second-order valence-corrected chi connectivity index (χ2v) is 6.24. The molecule has 0 saturated heterocycles. The van der Waals surface area contributed by atoms with Gasteiger partial charge in [-0.25, -0.2) is 0 Å². The van der Waals surface area contributed by atoms with E-state index in [1.807, 2.05) is 36.4 Å². The minimum absolute atomic E-state index is 0.197. The first kappa shape index (κ1) is 15.6. The van der Waals surface area contributed by atoms with Gasteiger partial charge in [-0.1, -0.05) is 48.5 Å². The van der Waals surface area contributed by atoms with Crippen molar-refractivity contribution >= 4 is 11.9 Å². The maximum Gasteiger partial charge on any atom is 0.231 e. The Morgan fingerprint density at radius 1 is 0.889 bits per heavy atom. The van der Waals surface area contributed by atoms with E-state index in [1.54, 1.807) is 13.3 Å². The largest absolute Gasteiger partial charge is 0.493 e. The van der Waals surface area contributed by atoms with E-state index in [4.69, 9.17) is 14.2 Å². The quantitative estimate of drug-likeness (QED) is 0.407. The third-order valence-electron chi connectivity index (χ3n) is 4.70. The predicted octanol–water partition coefficient (Wildman–Crippen LogP) is 4.28. The molecular formula is C22H16N2O3. The fraction of sp³-hybridized carbons (Fsp3) is 0.0909. The minimum atomic E-state index is 0.197. The highest BCUT2D eigenvalue weighted by molar-refractivity contribution is 6.24. The zero-order chi connectivity index (χ0) is 18.2. The third kappa shape index (κ3) is 2.56. The molecular weight excluding hydrogens is 340 g/mol. The van der Waals surface area contributed by atoms with Gasteiger partial charge in [-0.15, -0.1) is 5.10 Å². The van der Waals surface area contributed by atoms with Gasteiger partial charge in [-0.05, 0) is 23.3 Å². The average molecular weight is 356 g/mol. The molecule has 0 radical (unpaired) electrons. The van der Waals surface area contributed by atoms with Gasteiger partial charge in [0.1, 0.15) is 5.71 Å². The van der Waals surface area contributed by atoms with Gasteiger partial charge in [-0.3, -0.25) is 0 Å². The lowest BCUT2D eigenvalue weighted by Gasteiger charge is -2.05. The highest BCUT2D eigenvalue weighted by Crippen LogP contribution is 2.41. The summed E-state index contributed by atoms with van der Waals surface area (Å²) in [4.78, 5) is 0. The number of ether oxygens (including phenoxy) is 3. The van der Waals surface area contributed by atoms with Gasteiger partial charge in [0.15, 0.2) is 11.5 Å². The fourth-order valence-electron chi connectivity index (χ4n) is 3.48. The van der Waals surface area contributed by atoms with Crippen LogP contribution in [0.4, 0.5) is 0 Å². The summed E-state index contributed by atoms with van der Waals surface area (Å²) < 4.78 is 16.2. The Kier molecular flexibility index (Phi) is 3.64. The molecule has 0 N–H and O–H groups in total. The van der Waals surface area contributed by atoms with Crippen molar-refractivity contribution in [3.63, 3.8) is 0 Å². The van der Waals surface area contributed by atoms with Gasteiger partial charge in [0.2, 0.25) is 12.5 Å². The molecule has 0 fully saturated rings. The van der Waals surface area contributed by atoms with Crippen molar-refractivity contribution in [2.24, 2.45) is 10.2 Å². The van der Waals surface area contributed by atoms with E-state index in [1.165, 1.54) is 11.1 Å². The Morgan fingerprint density at radius 2 is 1.56 bits per heavy atom. The van der Waals surface area contributed by atoms with Crippen LogP contribution in [0.3, 0.4) is 0 Å².